The minimum absolute atomic E-state index is 0.275. The SMILES string of the molecule is Nc1ccc(-c2cn[nH]c2)nc1Cc1cc2c(-c3cccc(F)c3)cncc2[nH]1. The van der Waals surface area contributed by atoms with E-state index >= 15 is 0 Å². The third-order valence-corrected chi connectivity index (χ3v) is 4.90. The average molecular weight is 384 g/mol. The molecule has 0 bridgehead atoms. The molecule has 1 aromatic carbocycles. The number of H-pyrrole nitrogens is 2. The molecule has 0 amide bonds. The highest BCUT2D eigenvalue weighted by atomic mass is 19.1. The molecule has 0 saturated carbocycles. The molecule has 5 rings (SSSR count). The van der Waals surface area contributed by atoms with Crippen molar-refractivity contribution >= 4 is 16.6 Å². The van der Waals surface area contributed by atoms with Crippen molar-refractivity contribution < 1.29 is 4.39 Å². The molecule has 4 N–H and O–H groups in total. The van der Waals surface area contributed by atoms with Crippen LogP contribution in [-0.2, 0) is 6.42 Å². The number of nitrogens with zero attached hydrogens (tertiary/aromatic N) is 3. The Morgan fingerprint density at radius 3 is 2.76 bits per heavy atom. The summed E-state index contributed by atoms with van der Waals surface area (Å²) in [7, 11) is 0. The maximum atomic E-state index is 13.7. The number of aromatic amines is 2. The van der Waals surface area contributed by atoms with Gasteiger partial charge in [-0.3, -0.25) is 15.1 Å². The van der Waals surface area contributed by atoms with Gasteiger partial charge < -0.3 is 10.7 Å². The van der Waals surface area contributed by atoms with Gasteiger partial charge in [-0.2, -0.15) is 5.10 Å². The second kappa shape index (κ2) is 6.87. The number of pyridine rings is 2. The molecular formula is C22H17FN6. The topological polar surface area (TPSA) is 96.3 Å². The highest BCUT2D eigenvalue weighted by Gasteiger charge is 2.12. The van der Waals surface area contributed by atoms with Crippen LogP contribution in [0.25, 0.3) is 33.3 Å². The van der Waals surface area contributed by atoms with E-state index in [2.05, 4.69) is 20.2 Å². The van der Waals surface area contributed by atoms with Crippen molar-refractivity contribution in [2.45, 2.75) is 6.42 Å². The van der Waals surface area contributed by atoms with E-state index in [1.807, 2.05) is 24.3 Å². The van der Waals surface area contributed by atoms with Crippen molar-refractivity contribution in [1.82, 2.24) is 25.1 Å². The Hall–Kier alpha value is -4.00. The number of rotatable bonds is 4. The molecule has 0 fully saturated rings. The smallest absolute Gasteiger partial charge is 0.123 e. The van der Waals surface area contributed by atoms with Crippen LogP contribution in [0.1, 0.15) is 11.4 Å². The first-order valence-electron chi connectivity index (χ1n) is 9.13. The summed E-state index contributed by atoms with van der Waals surface area (Å²) in [6.07, 6.45) is 7.57. The van der Waals surface area contributed by atoms with Gasteiger partial charge in [0.25, 0.3) is 0 Å². The number of anilines is 1. The third kappa shape index (κ3) is 3.23. The lowest BCUT2D eigenvalue weighted by molar-refractivity contribution is 0.628. The zero-order valence-corrected chi connectivity index (χ0v) is 15.4. The summed E-state index contributed by atoms with van der Waals surface area (Å²) in [5.41, 5.74) is 12.8. The number of benzene rings is 1. The molecule has 7 heteroatoms. The molecule has 4 heterocycles. The summed E-state index contributed by atoms with van der Waals surface area (Å²) >= 11 is 0. The van der Waals surface area contributed by atoms with Gasteiger partial charge in [-0.25, -0.2) is 4.39 Å². The first-order chi connectivity index (χ1) is 14.2. The molecule has 6 nitrogen and oxygen atoms in total. The van der Waals surface area contributed by atoms with Crippen LogP contribution >= 0.6 is 0 Å². The standard InChI is InChI=1S/C22H17FN6/c23-15-3-1-2-13(6-15)18-11-25-12-22-17(18)7-16(28-22)8-21-19(24)4-5-20(29-21)14-9-26-27-10-14/h1-7,9-12,28H,8,24H2,(H,26,27). The van der Waals surface area contributed by atoms with Crippen molar-refractivity contribution in [3.8, 4) is 22.4 Å². The van der Waals surface area contributed by atoms with Crippen molar-refractivity contribution in [1.29, 1.82) is 0 Å². The lowest BCUT2D eigenvalue weighted by atomic mass is 10.0. The molecule has 0 aliphatic heterocycles. The van der Waals surface area contributed by atoms with Gasteiger partial charge >= 0.3 is 0 Å². The van der Waals surface area contributed by atoms with Crippen LogP contribution in [0, 0.1) is 5.82 Å². The summed E-state index contributed by atoms with van der Waals surface area (Å²) in [6.45, 7) is 0. The first kappa shape index (κ1) is 17.1. The second-order valence-corrected chi connectivity index (χ2v) is 6.85. The van der Waals surface area contributed by atoms with Gasteiger partial charge in [0.05, 0.1) is 35.0 Å². The Kier molecular flexibility index (Phi) is 4.05. The van der Waals surface area contributed by atoms with Crippen molar-refractivity contribution in [3.05, 3.63) is 84.5 Å². The van der Waals surface area contributed by atoms with Crippen LogP contribution in [0.5, 0.6) is 0 Å². The van der Waals surface area contributed by atoms with Gasteiger partial charge in [0.15, 0.2) is 0 Å². The van der Waals surface area contributed by atoms with Crippen LogP contribution in [-0.4, -0.2) is 25.1 Å². The van der Waals surface area contributed by atoms with Crippen molar-refractivity contribution in [3.63, 3.8) is 0 Å². The number of fused-ring (bicyclic) bond motifs is 1. The second-order valence-electron chi connectivity index (χ2n) is 6.85. The van der Waals surface area contributed by atoms with Gasteiger partial charge in [-0.1, -0.05) is 12.1 Å². The van der Waals surface area contributed by atoms with E-state index < -0.39 is 0 Å². The monoisotopic (exact) mass is 384 g/mol. The molecule has 4 aromatic heterocycles. The van der Waals surface area contributed by atoms with E-state index in [0.29, 0.717) is 12.1 Å². The summed E-state index contributed by atoms with van der Waals surface area (Å²) < 4.78 is 13.7. The van der Waals surface area contributed by atoms with Crippen LogP contribution in [0.2, 0.25) is 0 Å². The molecule has 142 valence electrons. The highest BCUT2D eigenvalue weighted by Crippen LogP contribution is 2.30. The minimum Gasteiger partial charge on any atom is -0.397 e. The predicted octanol–water partition coefficient (Wildman–Crippen LogP) is 4.33. The van der Waals surface area contributed by atoms with Gasteiger partial charge in [0.2, 0.25) is 0 Å². The van der Waals surface area contributed by atoms with Gasteiger partial charge in [0, 0.05) is 41.0 Å². The van der Waals surface area contributed by atoms with Crippen LogP contribution in [0.3, 0.4) is 0 Å². The van der Waals surface area contributed by atoms with Gasteiger partial charge in [-0.15, -0.1) is 0 Å². The molecule has 0 unspecified atom stereocenters. The largest absolute Gasteiger partial charge is 0.397 e. The first-order valence-corrected chi connectivity index (χ1v) is 9.13. The average Bonchev–Trinajstić information content (AvgIpc) is 3.39. The Balaban J connectivity index is 1.54. The zero-order valence-electron chi connectivity index (χ0n) is 15.4. The summed E-state index contributed by atoms with van der Waals surface area (Å²) in [5, 5.41) is 7.74. The maximum Gasteiger partial charge on any atom is 0.123 e. The number of hydrogen-bond acceptors (Lipinski definition) is 4. The van der Waals surface area contributed by atoms with Crippen molar-refractivity contribution in [2.75, 3.05) is 5.73 Å². The Morgan fingerprint density at radius 2 is 1.93 bits per heavy atom. The Labute approximate surface area is 165 Å². The van der Waals surface area contributed by atoms with Crippen LogP contribution in [0.15, 0.2) is 67.3 Å². The number of hydrogen-bond donors (Lipinski definition) is 3. The van der Waals surface area contributed by atoms with E-state index in [1.54, 1.807) is 30.9 Å². The van der Waals surface area contributed by atoms with Gasteiger partial charge in [-0.05, 0) is 35.9 Å². The summed E-state index contributed by atoms with van der Waals surface area (Å²) in [6, 6.07) is 12.3. The normalized spacial score (nSPS) is 11.2. The molecule has 0 aliphatic rings. The molecule has 0 spiro atoms. The van der Waals surface area contributed by atoms with E-state index in [9.17, 15) is 4.39 Å². The molecular weight excluding hydrogens is 367 g/mol. The number of halogens is 1. The van der Waals surface area contributed by atoms with Crippen LogP contribution in [0.4, 0.5) is 10.1 Å². The fourth-order valence-corrected chi connectivity index (χ4v) is 3.48. The predicted molar refractivity (Wildman–Crippen MR) is 111 cm³/mol. The van der Waals surface area contributed by atoms with E-state index in [0.717, 1.165) is 44.7 Å². The fraction of sp³-hybridized carbons (Fsp3) is 0.0455. The lowest BCUT2D eigenvalue weighted by Crippen LogP contribution is -2.00. The molecule has 0 atom stereocenters. The number of nitrogens with two attached hydrogens (primary N) is 1. The molecule has 29 heavy (non-hydrogen) atoms. The van der Waals surface area contributed by atoms with E-state index in [-0.39, 0.29) is 5.82 Å². The quantitative estimate of drug-likeness (QED) is 0.430. The third-order valence-electron chi connectivity index (χ3n) is 4.90. The number of aromatic nitrogens is 5. The van der Waals surface area contributed by atoms with Crippen LogP contribution < -0.4 is 5.73 Å². The number of nitrogen functional groups attached to an aromatic ring is 1. The van der Waals surface area contributed by atoms with Crippen molar-refractivity contribution in [2.24, 2.45) is 0 Å². The zero-order chi connectivity index (χ0) is 19.8. The molecule has 5 aromatic rings. The van der Waals surface area contributed by atoms with E-state index in [1.165, 1.54) is 12.1 Å². The molecule has 0 radical (unpaired) electrons. The minimum atomic E-state index is -0.275. The lowest BCUT2D eigenvalue weighted by Gasteiger charge is -2.06. The summed E-state index contributed by atoms with van der Waals surface area (Å²) in [5.74, 6) is -0.275. The molecule has 0 saturated heterocycles. The van der Waals surface area contributed by atoms with Gasteiger partial charge in [0.1, 0.15) is 5.82 Å². The Morgan fingerprint density at radius 1 is 1.00 bits per heavy atom. The van der Waals surface area contributed by atoms with E-state index in [4.69, 9.17) is 10.7 Å². The number of nitrogens with one attached hydrogen (secondary N) is 2. The highest BCUT2D eigenvalue weighted by molar-refractivity contribution is 5.94. The molecule has 0 aliphatic carbocycles. The Bertz CT molecular complexity index is 1310. The summed E-state index contributed by atoms with van der Waals surface area (Å²) in [4.78, 5) is 12.4. The maximum absolute atomic E-state index is 13.7. The fourth-order valence-electron chi connectivity index (χ4n) is 3.48.